The standard InChI is InChI=1S/C21H29N3O2.C13H20N2O2.C6H8ClN3/c1-5-18-10-15(2)22-21(23-18)12-16-6-7-20(25-4)17(11-16)14-26-19-8-9-24(3)13-19;1-15-6-5-12(8-15)17-9-10-7-11(14)3-4-13(10)16-2;1-4-3-5(8-2)10-6(7)9-4/h6-7,10-11,19H,5,8-9,12-14H2,1-4H3;3-4,7,12H,5-6,8-9,14H2,1-2H3;3H,1-2H3,(H,8,9,10). The van der Waals surface area contributed by atoms with Gasteiger partial charge in [-0.2, -0.15) is 0 Å². The molecule has 0 bridgehead atoms. The van der Waals surface area contributed by atoms with Crippen molar-refractivity contribution >= 4 is 23.1 Å². The fraction of sp³-hybridized carbons (Fsp3) is 0.500. The highest BCUT2D eigenvalue weighted by atomic mass is 35.5. The van der Waals surface area contributed by atoms with Crippen LogP contribution in [0.25, 0.3) is 0 Å². The lowest BCUT2D eigenvalue weighted by Gasteiger charge is -2.15. The smallest absolute Gasteiger partial charge is 0.224 e. The van der Waals surface area contributed by atoms with E-state index >= 15 is 0 Å². The van der Waals surface area contributed by atoms with E-state index in [1.54, 1.807) is 21.3 Å². The highest BCUT2D eigenvalue weighted by molar-refractivity contribution is 6.28. The lowest BCUT2D eigenvalue weighted by molar-refractivity contribution is 0.0471. The number of nitrogens with one attached hydrogen (secondary N) is 1. The van der Waals surface area contributed by atoms with E-state index in [0.29, 0.717) is 25.4 Å². The Morgan fingerprint density at radius 3 is 1.91 bits per heavy atom. The molecule has 0 spiro atoms. The number of likely N-dealkylation sites (tertiary alicyclic amines) is 2. The van der Waals surface area contributed by atoms with E-state index in [1.807, 2.05) is 44.2 Å². The molecule has 0 aliphatic carbocycles. The zero-order valence-electron chi connectivity index (χ0n) is 32.6. The summed E-state index contributed by atoms with van der Waals surface area (Å²) in [6, 6.07) is 15.8. The summed E-state index contributed by atoms with van der Waals surface area (Å²) in [4.78, 5) is 21.6. The van der Waals surface area contributed by atoms with Crippen LogP contribution in [0.4, 0.5) is 11.5 Å². The zero-order valence-corrected chi connectivity index (χ0v) is 33.4. The van der Waals surface area contributed by atoms with Gasteiger partial charge in [-0.1, -0.05) is 13.0 Å². The van der Waals surface area contributed by atoms with Crippen LogP contribution in [0, 0.1) is 13.8 Å². The SMILES string of the molecule is CCc1cc(C)nc(Cc2ccc(OC)c(COC3CCN(C)C3)c2)n1.CNc1cc(C)nc(Cl)n1.COc1ccc(N)cc1COC1CCN(C)C1. The molecule has 2 unspecified atom stereocenters. The maximum atomic E-state index is 6.11. The van der Waals surface area contributed by atoms with Crippen LogP contribution < -0.4 is 20.5 Å². The van der Waals surface area contributed by atoms with Crippen LogP contribution in [0.1, 0.15) is 59.4 Å². The van der Waals surface area contributed by atoms with Gasteiger partial charge in [0.2, 0.25) is 5.28 Å². The van der Waals surface area contributed by atoms with Crippen LogP contribution in [0.15, 0.2) is 48.5 Å². The quantitative estimate of drug-likeness (QED) is 0.127. The van der Waals surface area contributed by atoms with Gasteiger partial charge in [-0.25, -0.2) is 19.9 Å². The average molecular weight is 749 g/mol. The Hall–Kier alpha value is -4.07. The van der Waals surface area contributed by atoms with Crippen molar-refractivity contribution in [3.63, 3.8) is 0 Å². The summed E-state index contributed by atoms with van der Waals surface area (Å²) in [5.74, 6) is 3.33. The van der Waals surface area contributed by atoms with Gasteiger partial charge in [0.1, 0.15) is 23.1 Å². The number of aromatic nitrogens is 4. The molecule has 2 aromatic heterocycles. The first-order valence-corrected chi connectivity index (χ1v) is 18.6. The van der Waals surface area contributed by atoms with Gasteiger partial charge < -0.3 is 39.8 Å². The van der Waals surface area contributed by atoms with Crippen LogP contribution in [-0.2, 0) is 35.5 Å². The topological polar surface area (TPSA) is 133 Å². The molecule has 2 saturated heterocycles. The van der Waals surface area contributed by atoms with Gasteiger partial charge in [0.25, 0.3) is 0 Å². The first kappa shape index (κ1) is 41.7. The van der Waals surface area contributed by atoms with Gasteiger partial charge in [-0.15, -0.1) is 0 Å². The molecule has 2 aliphatic rings. The molecule has 53 heavy (non-hydrogen) atoms. The number of hydrogen-bond donors (Lipinski definition) is 2. The third kappa shape index (κ3) is 13.7. The molecule has 2 fully saturated rings. The van der Waals surface area contributed by atoms with E-state index < -0.39 is 0 Å². The van der Waals surface area contributed by atoms with Gasteiger partial charge in [0, 0.05) is 79.6 Å². The third-order valence-corrected chi connectivity index (χ3v) is 9.22. The van der Waals surface area contributed by atoms with Crippen molar-refractivity contribution in [1.29, 1.82) is 0 Å². The fourth-order valence-corrected chi connectivity index (χ4v) is 6.47. The molecule has 3 N–H and O–H groups in total. The van der Waals surface area contributed by atoms with Crippen molar-refractivity contribution in [3.8, 4) is 11.5 Å². The largest absolute Gasteiger partial charge is 0.496 e. The van der Waals surface area contributed by atoms with Crippen molar-refractivity contribution in [3.05, 3.63) is 93.4 Å². The number of nitrogens with two attached hydrogens (primary N) is 1. The number of ether oxygens (including phenoxy) is 4. The van der Waals surface area contributed by atoms with Crippen molar-refractivity contribution < 1.29 is 18.9 Å². The zero-order chi connectivity index (χ0) is 38.3. The predicted octanol–water partition coefficient (Wildman–Crippen LogP) is 6.15. The minimum atomic E-state index is 0.282. The van der Waals surface area contributed by atoms with Crippen LogP contribution in [0.2, 0.25) is 5.28 Å². The molecule has 2 aliphatic heterocycles. The number of methoxy groups -OCH3 is 2. The first-order valence-electron chi connectivity index (χ1n) is 18.2. The Morgan fingerprint density at radius 1 is 0.792 bits per heavy atom. The third-order valence-electron chi connectivity index (χ3n) is 9.06. The summed E-state index contributed by atoms with van der Waals surface area (Å²) in [5, 5.41) is 3.15. The van der Waals surface area contributed by atoms with Crippen LogP contribution in [0.3, 0.4) is 0 Å². The molecule has 4 aromatic rings. The summed E-state index contributed by atoms with van der Waals surface area (Å²) in [5.41, 5.74) is 12.8. The Labute approximate surface area is 320 Å². The van der Waals surface area contributed by atoms with E-state index in [0.717, 1.165) is 109 Å². The Balaban J connectivity index is 0.000000198. The normalized spacial score (nSPS) is 17.1. The molecular formula is C40H57ClN8O4. The molecule has 288 valence electrons. The second-order valence-corrected chi connectivity index (χ2v) is 13.9. The van der Waals surface area contributed by atoms with Gasteiger partial charge >= 0.3 is 0 Å². The van der Waals surface area contributed by atoms with E-state index in [-0.39, 0.29) is 5.28 Å². The van der Waals surface area contributed by atoms with Gasteiger partial charge in [-0.3, -0.25) is 0 Å². The first-order chi connectivity index (χ1) is 25.5. The Bertz CT molecular complexity index is 1730. The maximum Gasteiger partial charge on any atom is 0.224 e. The molecule has 0 radical (unpaired) electrons. The van der Waals surface area contributed by atoms with E-state index in [2.05, 4.69) is 74.3 Å². The fourth-order valence-electron chi connectivity index (χ4n) is 6.25. The number of aryl methyl sites for hydroxylation is 3. The van der Waals surface area contributed by atoms with Gasteiger partial charge in [0.05, 0.1) is 39.6 Å². The minimum Gasteiger partial charge on any atom is -0.496 e. The molecule has 0 amide bonds. The summed E-state index contributed by atoms with van der Waals surface area (Å²) in [6.07, 6.45) is 4.47. The second-order valence-electron chi connectivity index (χ2n) is 13.5. The number of rotatable bonds is 12. The molecular weight excluding hydrogens is 692 g/mol. The molecule has 4 heterocycles. The predicted molar refractivity (Wildman–Crippen MR) is 212 cm³/mol. The maximum absolute atomic E-state index is 6.11. The van der Waals surface area contributed by atoms with E-state index in [1.165, 1.54) is 5.56 Å². The average Bonchev–Trinajstić information content (AvgIpc) is 3.76. The lowest BCUT2D eigenvalue weighted by Crippen LogP contribution is -2.19. The van der Waals surface area contributed by atoms with Gasteiger partial charge in [0.15, 0.2) is 0 Å². The number of halogens is 1. The lowest BCUT2D eigenvalue weighted by atomic mass is 10.1. The highest BCUT2D eigenvalue weighted by Crippen LogP contribution is 2.25. The summed E-state index contributed by atoms with van der Waals surface area (Å²) >= 11 is 5.57. The number of hydrogen-bond acceptors (Lipinski definition) is 12. The number of nitrogens with zero attached hydrogens (tertiary/aromatic N) is 6. The van der Waals surface area contributed by atoms with E-state index in [4.69, 9.17) is 36.3 Å². The van der Waals surface area contributed by atoms with Crippen molar-refractivity contribution in [1.82, 2.24) is 29.7 Å². The van der Waals surface area contributed by atoms with Crippen LogP contribution in [0.5, 0.6) is 11.5 Å². The van der Waals surface area contributed by atoms with Crippen molar-refractivity contribution in [2.24, 2.45) is 0 Å². The number of likely N-dealkylation sites (N-methyl/N-ethyl adjacent to an activating group) is 2. The molecule has 12 nitrogen and oxygen atoms in total. The molecule has 6 rings (SSSR count). The van der Waals surface area contributed by atoms with Crippen molar-refractivity contribution in [2.45, 2.75) is 71.9 Å². The van der Waals surface area contributed by atoms with Crippen LogP contribution >= 0.6 is 11.6 Å². The second kappa shape index (κ2) is 21.0. The number of anilines is 2. The number of benzene rings is 2. The van der Waals surface area contributed by atoms with Crippen molar-refractivity contribution in [2.75, 3.05) is 72.6 Å². The molecule has 2 atom stereocenters. The minimum absolute atomic E-state index is 0.282. The molecule has 0 saturated carbocycles. The van der Waals surface area contributed by atoms with E-state index in [9.17, 15) is 0 Å². The monoisotopic (exact) mass is 748 g/mol. The Morgan fingerprint density at radius 2 is 1.38 bits per heavy atom. The Kier molecular flexibility index (Phi) is 16.5. The highest BCUT2D eigenvalue weighted by Gasteiger charge is 2.21. The van der Waals surface area contributed by atoms with Crippen LogP contribution in [-0.4, -0.2) is 103 Å². The summed E-state index contributed by atoms with van der Waals surface area (Å²) in [6.45, 7) is 11.4. The molecule has 13 heteroatoms. The molecule has 2 aromatic carbocycles. The summed E-state index contributed by atoms with van der Waals surface area (Å²) in [7, 11) is 9.41. The summed E-state index contributed by atoms with van der Waals surface area (Å²) < 4.78 is 22.8. The number of nitrogen functional groups attached to an aromatic ring is 1. The van der Waals surface area contributed by atoms with Gasteiger partial charge in [-0.05, 0) is 101 Å².